The van der Waals surface area contributed by atoms with Gasteiger partial charge in [0.05, 0.1) is 0 Å². The molecule has 31 heavy (non-hydrogen) atoms. The van der Waals surface area contributed by atoms with Gasteiger partial charge in [0, 0.05) is 21.8 Å². The van der Waals surface area contributed by atoms with Crippen molar-refractivity contribution in [3.63, 3.8) is 0 Å². The Bertz CT molecular complexity index is 1600. The van der Waals surface area contributed by atoms with Gasteiger partial charge in [0.15, 0.2) is 0 Å². The molecule has 0 unspecified atom stereocenters. The predicted molar refractivity (Wildman–Crippen MR) is 134 cm³/mol. The molecule has 0 radical (unpaired) electrons. The van der Waals surface area contributed by atoms with Crippen molar-refractivity contribution in [1.82, 2.24) is 4.98 Å². The average Bonchev–Trinajstić information content (AvgIpc) is 3.19. The van der Waals surface area contributed by atoms with Gasteiger partial charge in [0.2, 0.25) is 0 Å². The number of hydrogen-bond acceptors (Lipinski definition) is 0. The maximum atomic E-state index is 3.58. The second kappa shape index (κ2) is 6.85. The van der Waals surface area contributed by atoms with E-state index < -0.39 is 0 Å². The van der Waals surface area contributed by atoms with Crippen LogP contribution < -0.4 is 0 Å². The molecule has 0 aliphatic rings. The van der Waals surface area contributed by atoms with Gasteiger partial charge in [-0.25, -0.2) is 0 Å². The Hall–Kier alpha value is -3.84. The molecule has 6 rings (SSSR count). The summed E-state index contributed by atoms with van der Waals surface area (Å²) in [7, 11) is 0. The van der Waals surface area contributed by atoms with E-state index in [1.807, 2.05) is 0 Å². The zero-order valence-corrected chi connectivity index (χ0v) is 17.7. The van der Waals surface area contributed by atoms with Gasteiger partial charge in [0.1, 0.15) is 0 Å². The Balaban J connectivity index is 1.65. The minimum atomic E-state index is 1.18. The molecule has 0 amide bonds. The molecule has 0 bridgehead atoms. The average molecular weight is 398 g/mol. The van der Waals surface area contributed by atoms with Gasteiger partial charge in [0.25, 0.3) is 0 Å². The summed E-state index contributed by atoms with van der Waals surface area (Å²) in [6, 6.07) is 35.2. The van der Waals surface area contributed by atoms with Crippen LogP contribution in [0.1, 0.15) is 11.1 Å². The van der Waals surface area contributed by atoms with Gasteiger partial charge in [-0.3, -0.25) is 0 Å². The minimum Gasteiger partial charge on any atom is -0.354 e. The molecule has 1 aromatic heterocycles. The van der Waals surface area contributed by atoms with Crippen molar-refractivity contribution >= 4 is 32.6 Å². The topological polar surface area (TPSA) is 15.8 Å². The third-order valence-electron chi connectivity index (χ3n) is 6.49. The summed E-state index contributed by atoms with van der Waals surface area (Å²) in [5.74, 6) is 0. The molecule has 0 saturated heterocycles. The van der Waals surface area contributed by atoms with Gasteiger partial charge in [-0.1, -0.05) is 78.9 Å². The standard InChI is InChI=1S/C30H23N/c1-19-14-17-22(18-26(19)29-20(2)15-16-21-8-3-4-9-23(21)29)24-11-7-13-28-30(24)25-10-5-6-12-27(25)31-28/h3-18,31H,1-2H3. The van der Waals surface area contributed by atoms with Crippen LogP contribution in [0.25, 0.3) is 54.8 Å². The maximum Gasteiger partial charge on any atom is 0.0471 e. The Kier molecular flexibility index (Phi) is 3.97. The summed E-state index contributed by atoms with van der Waals surface area (Å²) in [5.41, 5.74) is 10.1. The molecule has 1 N–H and O–H groups in total. The van der Waals surface area contributed by atoms with Gasteiger partial charge >= 0.3 is 0 Å². The molecular weight excluding hydrogens is 374 g/mol. The van der Waals surface area contributed by atoms with E-state index in [2.05, 4.69) is 116 Å². The molecule has 1 heterocycles. The summed E-state index contributed by atoms with van der Waals surface area (Å²) in [6.07, 6.45) is 0. The van der Waals surface area contributed by atoms with Crippen molar-refractivity contribution in [2.45, 2.75) is 13.8 Å². The van der Waals surface area contributed by atoms with Gasteiger partial charge in [-0.15, -0.1) is 0 Å². The van der Waals surface area contributed by atoms with E-state index in [0.717, 1.165) is 0 Å². The highest BCUT2D eigenvalue weighted by Crippen LogP contribution is 2.39. The van der Waals surface area contributed by atoms with Crippen molar-refractivity contribution < 1.29 is 0 Å². The SMILES string of the molecule is Cc1ccc(-c2cccc3[nH]c4ccccc4c23)cc1-c1c(C)ccc2ccccc12. The lowest BCUT2D eigenvalue weighted by atomic mass is 9.88. The van der Waals surface area contributed by atoms with Crippen molar-refractivity contribution in [3.05, 3.63) is 108 Å². The lowest BCUT2D eigenvalue weighted by Crippen LogP contribution is -1.91. The Morgan fingerprint density at radius 3 is 2.19 bits per heavy atom. The molecule has 0 aliphatic carbocycles. The van der Waals surface area contributed by atoms with Crippen LogP contribution in [0.4, 0.5) is 0 Å². The highest BCUT2D eigenvalue weighted by molar-refractivity contribution is 6.14. The molecule has 0 spiro atoms. The fourth-order valence-corrected chi connectivity index (χ4v) is 4.94. The summed E-state index contributed by atoms with van der Waals surface area (Å²) < 4.78 is 0. The number of H-pyrrole nitrogens is 1. The van der Waals surface area contributed by atoms with E-state index in [1.54, 1.807) is 0 Å². The van der Waals surface area contributed by atoms with Crippen LogP contribution in [0.3, 0.4) is 0 Å². The number of aryl methyl sites for hydroxylation is 2. The van der Waals surface area contributed by atoms with E-state index in [9.17, 15) is 0 Å². The van der Waals surface area contributed by atoms with E-state index >= 15 is 0 Å². The monoisotopic (exact) mass is 397 g/mol. The van der Waals surface area contributed by atoms with Gasteiger partial charge in [-0.05, 0) is 76.2 Å². The summed E-state index contributed by atoms with van der Waals surface area (Å²) >= 11 is 0. The van der Waals surface area contributed by atoms with Crippen LogP contribution in [0.15, 0.2) is 97.1 Å². The fourth-order valence-electron chi connectivity index (χ4n) is 4.94. The molecular formula is C30H23N. The largest absolute Gasteiger partial charge is 0.354 e. The van der Waals surface area contributed by atoms with E-state index in [-0.39, 0.29) is 0 Å². The molecule has 1 heteroatoms. The summed E-state index contributed by atoms with van der Waals surface area (Å²) in [5, 5.41) is 5.17. The first kappa shape index (κ1) is 18.0. The fraction of sp³-hybridized carbons (Fsp3) is 0.0667. The Labute approximate surface area is 182 Å². The molecule has 148 valence electrons. The van der Waals surface area contributed by atoms with E-state index in [1.165, 1.54) is 66.0 Å². The Morgan fingerprint density at radius 1 is 0.548 bits per heavy atom. The first-order chi connectivity index (χ1) is 15.2. The molecule has 0 fully saturated rings. The van der Waals surface area contributed by atoms with Crippen LogP contribution >= 0.6 is 0 Å². The molecule has 0 atom stereocenters. The highest BCUT2D eigenvalue weighted by atomic mass is 14.7. The number of rotatable bonds is 2. The number of nitrogens with one attached hydrogen (secondary N) is 1. The van der Waals surface area contributed by atoms with Crippen molar-refractivity contribution in [2.24, 2.45) is 0 Å². The molecule has 1 nitrogen and oxygen atoms in total. The van der Waals surface area contributed by atoms with Crippen molar-refractivity contribution in [3.8, 4) is 22.3 Å². The number of benzene rings is 5. The maximum absolute atomic E-state index is 3.58. The molecule has 5 aromatic carbocycles. The number of aromatic nitrogens is 1. The van der Waals surface area contributed by atoms with Crippen molar-refractivity contribution in [2.75, 3.05) is 0 Å². The first-order valence-corrected chi connectivity index (χ1v) is 10.8. The minimum absolute atomic E-state index is 1.18. The second-order valence-corrected chi connectivity index (χ2v) is 8.41. The Morgan fingerprint density at radius 2 is 1.29 bits per heavy atom. The normalized spacial score (nSPS) is 11.5. The lowest BCUT2D eigenvalue weighted by molar-refractivity contribution is 1.43. The number of hydrogen-bond donors (Lipinski definition) is 1. The molecule has 0 saturated carbocycles. The van der Waals surface area contributed by atoms with Crippen molar-refractivity contribution in [1.29, 1.82) is 0 Å². The summed E-state index contributed by atoms with van der Waals surface area (Å²) in [4.78, 5) is 3.58. The predicted octanol–water partition coefficient (Wildman–Crippen LogP) is 8.43. The third kappa shape index (κ3) is 2.78. The highest BCUT2D eigenvalue weighted by Gasteiger charge is 2.14. The van der Waals surface area contributed by atoms with Crippen LogP contribution in [0, 0.1) is 13.8 Å². The first-order valence-electron chi connectivity index (χ1n) is 10.8. The summed E-state index contributed by atoms with van der Waals surface area (Å²) in [6.45, 7) is 4.43. The lowest BCUT2D eigenvalue weighted by Gasteiger charge is -2.15. The number of fused-ring (bicyclic) bond motifs is 4. The molecule has 6 aromatic rings. The van der Waals surface area contributed by atoms with Gasteiger partial charge in [-0.2, -0.15) is 0 Å². The van der Waals surface area contributed by atoms with Crippen LogP contribution in [0.5, 0.6) is 0 Å². The van der Waals surface area contributed by atoms with Crippen LogP contribution in [0.2, 0.25) is 0 Å². The second-order valence-electron chi connectivity index (χ2n) is 8.41. The zero-order valence-electron chi connectivity index (χ0n) is 17.7. The molecule has 0 aliphatic heterocycles. The smallest absolute Gasteiger partial charge is 0.0471 e. The zero-order chi connectivity index (χ0) is 20.9. The van der Waals surface area contributed by atoms with E-state index in [0.29, 0.717) is 0 Å². The number of aromatic amines is 1. The third-order valence-corrected chi connectivity index (χ3v) is 6.49. The van der Waals surface area contributed by atoms with Gasteiger partial charge < -0.3 is 4.98 Å². The number of para-hydroxylation sites is 1. The van der Waals surface area contributed by atoms with E-state index in [4.69, 9.17) is 0 Å². The van der Waals surface area contributed by atoms with Crippen LogP contribution in [-0.4, -0.2) is 4.98 Å². The van der Waals surface area contributed by atoms with Crippen LogP contribution in [-0.2, 0) is 0 Å². The quantitative estimate of drug-likeness (QED) is 0.302.